The summed E-state index contributed by atoms with van der Waals surface area (Å²) >= 11 is 1.69. The fraction of sp³-hybridized carbons (Fsp3) is 0.238. The Bertz CT molecular complexity index is 948. The molecule has 1 aromatic carbocycles. The van der Waals surface area contributed by atoms with Crippen molar-refractivity contribution < 1.29 is 14.0 Å². The predicted octanol–water partition coefficient (Wildman–Crippen LogP) is 4.88. The molecule has 0 saturated carbocycles. The van der Waals surface area contributed by atoms with E-state index in [1.807, 2.05) is 35.4 Å². The van der Waals surface area contributed by atoms with E-state index in [0.29, 0.717) is 11.3 Å². The Morgan fingerprint density at radius 1 is 1.22 bits per heavy atom. The molecule has 2 amide bonds. The van der Waals surface area contributed by atoms with Crippen LogP contribution < -0.4 is 5.32 Å². The summed E-state index contributed by atoms with van der Waals surface area (Å²) in [5, 5.41) is 4.88. The molecular weight excluding hydrogens is 360 g/mol. The summed E-state index contributed by atoms with van der Waals surface area (Å²) in [7, 11) is 0. The van der Waals surface area contributed by atoms with Crippen LogP contribution >= 0.6 is 11.3 Å². The van der Waals surface area contributed by atoms with E-state index in [4.69, 9.17) is 4.42 Å². The second kappa shape index (κ2) is 7.40. The lowest BCUT2D eigenvalue weighted by Gasteiger charge is -2.24. The Labute approximate surface area is 161 Å². The van der Waals surface area contributed by atoms with E-state index < -0.39 is 0 Å². The Morgan fingerprint density at radius 3 is 2.85 bits per heavy atom. The van der Waals surface area contributed by atoms with Crippen LogP contribution in [0.3, 0.4) is 0 Å². The highest BCUT2D eigenvalue weighted by Crippen LogP contribution is 2.35. The van der Waals surface area contributed by atoms with Crippen LogP contribution in [-0.2, 0) is 0 Å². The van der Waals surface area contributed by atoms with E-state index in [2.05, 4.69) is 11.4 Å². The third-order valence-electron chi connectivity index (χ3n) is 4.86. The smallest absolute Gasteiger partial charge is 0.291 e. The number of carbonyl (C=O) groups excluding carboxylic acids is 2. The average Bonchev–Trinajstić information content (AvgIpc) is 3.43. The first kappa shape index (κ1) is 17.5. The number of benzene rings is 1. The molecule has 0 spiro atoms. The first-order valence-electron chi connectivity index (χ1n) is 8.93. The molecule has 1 unspecified atom stereocenters. The average molecular weight is 380 g/mol. The van der Waals surface area contributed by atoms with Gasteiger partial charge in [0.25, 0.3) is 11.8 Å². The molecule has 1 fully saturated rings. The quantitative estimate of drug-likeness (QED) is 0.702. The van der Waals surface area contributed by atoms with Crippen LogP contribution in [0.15, 0.2) is 58.5 Å². The van der Waals surface area contributed by atoms with E-state index >= 15 is 0 Å². The summed E-state index contributed by atoms with van der Waals surface area (Å²) in [5.74, 6) is -0.0897. The maximum absolute atomic E-state index is 13.1. The third-order valence-corrected chi connectivity index (χ3v) is 5.84. The van der Waals surface area contributed by atoms with Crippen molar-refractivity contribution in [2.75, 3.05) is 11.9 Å². The molecule has 2 aromatic heterocycles. The topological polar surface area (TPSA) is 62.6 Å². The van der Waals surface area contributed by atoms with Gasteiger partial charge in [0, 0.05) is 22.7 Å². The van der Waals surface area contributed by atoms with Gasteiger partial charge in [-0.3, -0.25) is 9.59 Å². The second-order valence-electron chi connectivity index (χ2n) is 6.63. The van der Waals surface area contributed by atoms with Gasteiger partial charge in [0.15, 0.2) is 5.76 Å². The molecule has 6 heteroatoms. The molecule has 3 heterocycles. The molecule has 27 heavy (non-hydrogen) atoms. The predicted molar refractivity (Wildman–Crippen MR) is 105 cm³/mol. The van der Waals surface area contributed by atoms with E-state index in [-0.39, 0.29) is 23.6 Å². The molecule has 1 saturated heterocycles. The maximum Gasteiger partial charge on any atom is 0.291 e. The van der Waals surface area contributed by atoms with Gasteiger partial charge < -0.3 is 14.6 Å². The van der Waals surface area contributed by atoms with E-state index in [1.54, 1.807) is 29.5 Å². The molecule has 1 atom stereocenters. The second-order valence-corrected chi connectivity index (χ2v) is 7.61. The van der Waals surface area contributed by atoms with Gasteiger partial charge in [-0.1, -0.05) is 12.1 Å². The Kier molecular flexibility index (Phi) is 4.81. The Hall–Kier alpha value is -2.86. The lowest BCUT2D eigenvalue weighted by Crippen LogP contribution is -2.30. The van der Waals surface area contributed by atoms with Crippen molar-refractivity contribution in [1.29, 1.82) is 0 Å². The number of nitrogens with one attached hydrogen (secondary N) is 1. The van der Waals surface area contributed by atoms with Crippen molar-refractivity contribution in [3.05, 3.63) is 75.9 Å². The molecule has 0 radical (unpaired) electrons. The number of amides is 2. The molecule has 5 nitrogen and oxygen atoms in total. The fourth-order valence-corrected chi connectivity index (χ4v) is 4.31. The number of thiophene rings is 1. The number of furan rings is 1. The van der Waals surface area contributed by atoms with Crippen LogP contribution in [-0.4, -0.2) is 23.3 Å². The number of hydrogen-bond acceptors (Lipinski definition) is 4. The number of carbonyl (C=O) groups is 2. The molecule has 4 rings (SSSR count). The number of likely N-dealkylation sites (tertiary alicyclic amines) is 1. The van der Waals surface area contributed by atoms with Crippen molar-refractivity contribution in [2.24, 2.45) is 0 Å². The summed E-state index contributed by atoms with van der Waals surface area (Å²) < 4.78 is 5.14. The molecule has 3 aromatic rings. The minimum Gasteiger partial charge on any atom is -0.459 e. The number of aryl methyl sites for hydroxylation is 1. The maximum atomic E-state index is 13.1. The van der Waals surface area contributed by atoms with Crippen molar-refractivity contribution >= 4 is 28.8 Å². The van der Waals surface area contributed by atoms with E-state index in [0.717, 1.165) is 24.9 Å². The largest absolute Gasteiger partial charge is 0.459 e. The van der Waals surface area contributed by atoms with Gasteiger partial charge in [0.05, 0.1) is 12.3 Å². The van der Waals surface area contributed by atoms with Crippen molar-refractivity contribution in [1.82, 2.24) is 4.90 Å². The molecule has 0 aliphatic carbocycles. The lowest BCUT2D eigenvalue weighted by molar-refractivity contribution is 0.0737. The highest BCUT2D eigenvalue weighted by molar-refractivity contribution is 7.10. The minimum atomic E-state index is -0.328. The summed E-state index contributed by atoms with van der Waals surface area (Å²) in [6.45, 7) is 2.65. The van der Waals surface area contributed by atoms with Crippen LogP contribution in [0.4, 0.5) is 5.69 Å². The van der Waals surface area contributed by atoms with Crippen molar-refractivity contribution in [3.63, 3.8) is 0 Å². The Morgan fingerprint density at radius 2 is 2.11 bits per heavy atom. The summed E-state index contributed by atoms with van der Waals surface area (Å²) in [6, 6.07) is 13.0. The minimum absolute atomic E-state index is 0.000558. The van der Waals surface area contributed by atoms with Gasteiger partial charge in [-0.2, -0.15) is 0 Å². The normalized spacial score (nSPS) is 16.5. The van der Waals surface area contributed by atoms with Crippen LogP contribution in [0.25, 0.3) is 0 Å². The molecule has 138 valence electrons. The number of anilines is 1. The SMILES string of the molecule is Cc1ccc(C(=O)N2CCCC2c2cccs2)cc1NC(=O)c1ccco1. The van der Waals surface area contributed by atoms with Gasteiger partial charge in [-0.15, -0.1) is 11.3 Å². The molecular formula is C21H20N2O3S. The number of hydrogen-bond donors (Lipinski definition) is 1. The highest BCUT2D eigenvalue weighted by Gasteiger charge is 2.31. The lowest BCUT2D eigenvalue weighted by atomic mass is 10.1. The van der Waals surface area contributed by atoms with Gasteiger partial charge in [-0.25, -0.2) is 0 Å². The summed E-state index contributed by atoms with van der Waals surface area (Å²) in [6.07, 6.45) is 3.45. The standard InChI is InChI=1S/C21H20N2O3S/c1-14-8-9-15(13-16(14)22-20(24)18-6-3-11-26-18)21(25)23-10-2-5-17(23)19-7-4-12-27-19/h3-4,6-9,11-13,17H,2,5,10H2,1H3,(H,22,24). The van der Waals surface area contributed by atoms with Gasteiger partial charge >= 0.3 is 0 Å². The zero-order valence-corrected chi connectivity index (χ0v) is 15.8. The summed E-state index contributed by atoms with van der Waals surface area (Å²) in [4.78, 5) is 28.6. The summed E-state index contributed by atoms with van der Waals surface area (Å²) in [5.41, 5.74) is 2.09. The van der Waals surface area contributed by atoms with Crippen LogP contribution in [0.2, 0.25) is 0 Å². The fourth-order valence-electron chi connectivity index (χ4n) is 3.43. The van der Waals surface area contributed by atoms with Crippen LogP contribution in [0.5, 0.6) is 0 Å². The number of nitrogens with zero attached hydrogens (tertiary/aromatic N) is 1. The first-order chi connectivity index (χ1) is 13.1. The van der Waals surface area contributed by atoms with E-state index in [1.165, 1.54) is 11.1 Å². The molecule has 1 N–H and O–H groups in total. The highest BCUT2D eigenvalue weighted by atomic mass is 32.1. The van der Waals surface area contributed by atoms with Gasteiger partial charge in [-0.05, 0) is 61.0 Å². The molecule has 1 aliphatic rings. The monoisotopic (exact) mass is 380 g/mol. The zero-order chi connectivity index (χ0) is 18.8. The van der Waals surface area contributed by atoms with Crippen LogP contribution in [0, 0.1) is 6.92 Å². The van der Waals surface area contributed by atoms with Crippen molar-refractivity contribution in [3.8, 4) is 0 Å². The Balaban J connectivity index is 1.57. The van der Waals surface area contributed by atoms with E-state index in [9.17, 15) is 9.59 Å². The van der Waals surface area contributed by atoms with Crippen molar-refractivity contribution in [2.45, 2.75) is 25.8 Å². The number of rotatable bonds is 4. The van der Waals surface area contributed by atoms with Gasteiger partial charge in [0.2, 0.25) is 0 Å². The third kappa shape index (κ3) is 3.53. The first-order valence-corrected chi connectivity index (χ1v) is 9.81. The molecule has 0 bridgehead atoms. The zero-order valence-electron chi connectivity index (χ0n) is 15.0. The van der Waals surface area contributed by atoms with Gasteiger partial charge in [0.1, 0.15) is 0 Å². The van der Waals surface area contributed by atoms with Crippen LogP contribution in [0.1, 0.15) is 50.2 Å². The molecule has 1 aliphatic heterocycles.